The van der Waals surface area contributed by atoms with E-state index in [1.807, 2.05) is 24.3 Å². The quantitative estimate of drug-likeness (QED) is 0.228. The van der Waals surface area contributed by atoms with Crippen molar-refractivity contribution in [1.29, 1.82) is 0 Å². The number of benzene rings is 1. The van der Waals surface area contributed by atoms with E-state index in [0.29, 0.717) is 22.1 Å². The van der Waals surface area contributed by atoms with Gasteiger partial charge in [0.15, 0.2) is 22.1 Å². The van der Waals surface area contributed by atoms with Gasteiger partial charge in [-0.1, -0.05) is 36.0 Å². The van der Waals surface area contributed by atoms with Gasteiger partial charge in [0.25, 0.3) is 0 Å². The van der Waals surface area contributed by atoms with Crippen LogP contribution in [0, 0.1) is 0 Å². The summed E-state index contributed by atoms with van der Waals surface area (Å²) in [5, 5.41) is 45.9. The Morgan fingerprint density at radius 1 is 1.20 bits per heavy atom. The number of thioether (sulfide) groups is 1. The zero-order chi connectivity index (χ0) is 24.7. The second kappa shape index (κ2) is 9.69. The smallest absolute Gasteiger partial charge is 0.221 e. The fourth-order valence-corrected chi connectivity index (χ4v) is 5.26. The molecule has 1 aromatic carbocycles. The third-order valence-electron chi connectivity index (χ3n) is 6.42. The highest BCUT2D eigenvalue weighted by molar-refractivity contribution is 7.99. The summed E-state index contributed by atoms with van der Waals surface area (Å²) in [6, 6.07) is 7.33. The van der Waals surface area contributed by atoms with Gasteiger partial charge in [0.2, 0.25) is 5.91 Å². The Balaban J connectivity index is 1.42. The van der Waals surface area contributed by atoms with E-state index < -0.39 is 24.4 Å². The lowest BCUT2D eigenvalue weighted by Crippen LogP contribution is -2.31. The van der Waals surface area contributed by atoms with Crippen LogP contribution in [0.3, 0.4) is 0 Å². The summed E-state index contributed by atoms with van der Waals surface area (Å²) >= 11 is 1.53. The van der Waals surface area contributed by atoms with Crippen molar-refractivity contribution in [2.75, 3.05) is 16.4 Å². The zero-order valence-electron chi connectivity index (χ0n) is 19.5. The molecule has 0 saturated heterocycles. The topological polar surface area (TPSA) is 158 Å². The van der Waals surface area contributed by atoms with Crippen LogP contribution >= 0.6 is 11.8 Å². The molecule has 5 N–H and O–H groups in total. The first-order chi connectivity index (χ1) is 16.9. The molecule has 3 aromatic rings. The van der Waals surface area contributed by atoms with Gasteiger partial charge in [-0.15, -0.1) is 5.10 Å². The van der Waals surface area contributed by atoms with Crippen LogP contribution in [-0.4, -0.2) is 76.3 Å². The number of hydrogen-bond acceptors (Lipinski definition) is 10. The van der Waals surface area contributed by atoms with E-state index in [-0.39, 0.29) is 24.3 Å². The molecule has 11 nitrogen and oxygen atoms in total. The molecule has 1 amide bonds. The van der Waals surface area contributed by atoms with Crippen molar-refractivity contribution in [2.45, 2.75) is 74.6 Å². The molecule has 2 saturated carbocycles. The van der Waals surface area contributed by atoms with E-state index in [9.17, 15) is 20.1 Å². The van der Waals surface area contributed by atoms with Gasteiger partial charge in [-0.25, -0.2) is 14.6 Å². The van der Waals surface area contributed by atoms with E-state index in [0.717, 1.165) is 29.8 Å². The van der Waals surface area contributed by atoms with E-state index in [1.54, 1.807) is 0 Å². The molecule has 0 bridgehead atoms. The minimum Gasteiger partial charge on any atom is -0.390 e. The minimum atomic E-state index is -1.24. The maximum Gasteiger partial charge on any atom is 0.221 e. The normalized spacial score (nSPS) is 27.8. The largest absolute Gasteiger partial charge is 0.390 e. The van der Waals surface area contributed by atoms with Crippen LogP contribution < -0.4 is 10.6 Å². The summed E-state index contributed by atoms with van der Waals surface area (Å²) in [5.74, 6) is 1.57. The Bertz CT molecular complexity index is 1240. The molecular formula is C23H29N7O4S. The molecule has 35 heavy (non-hydrogen) atoms. The van der Waals surface area contributed by atoms with Crippen LogP contribution in [0.2, 0.25) is 0 Å². The summed E-state index contributed by atoms with van der Waals surface area (Å²) in [6.07, 6.45) is -1.44. The predicted octanol–water partition coefficient (Wildman–Crippen LogP) is 1.68. The molecule has 2 aromatic heterocycles. The average molecular weight is 500 g/mol. The number of hydrogen-bond donors (Lipinski definition) is 5. The summed E-state index contributed by atoms with van der Waals surface area (Å²) in [6.45, 7) is 3.57. The third-order valence-corrected chi connectivity index (χ3v) is 7.47. The van der Waals surface area contributed by atoms with Crippen LogP contribution in [0.25, 0.3) is 11.2 Å². The first-order valence-electron chi connectivity index (χ1n) is 11.8. The number of carbonyl (C=O) groups is 1. The minimum absolute atomic E-state index is 0.108. The number of rotatable bonds is 8. The van der Waals surface area contributed by atoms with Crippen molar-refractivity contribution in [3.05, 3.63) is 29.8 Å². The van der Waals surface area contributed by atoms with Gasteiger partial charge >= 0.3 is 0 Å². The fraction of sp³-hybridized carbons (Fsp3) is 0.522. The van der Waals surface area contributed by atoms with Crippen molar-refractivity contribution in [3.8, 4) is 0 Å². The molecule has 2 unspecified atom stereocenters. The number of nitrogens with zero attached hydrogens (tertiary/aromatic N) is 5. The summed E-state index contributed by atoms with van der Waals surface area (Å²) in [7, 11) is 0. The van der Waals surface area contributed by atoms with Gasteiger partial charge in [0.1, 0.15) is 12.2 Å². The Labute approximate surface area is 206 Å². The molecule has 186 valence electrons. The number of fused-ring (bicyclic) bond motifs is 1. The molecule has 6 atom stereocenters. The second-order valence-corrected chi connectivity index (χ2v) is 10.2. The SMILES string of the molecule is CCCSc1nc(N[C@H]2C[C@@H]2c2cccc(NC(C)=O)c2)c2nnn(C3C[C@@H](O)[C@H](O)C3O)c2n1. The van der Waals surface area contributed by atoms with Crippen molar-refractivity contribution in [1.82, 2.24) is 25.0 Å². The summed E-state index contributed by atoms with van der Waals surface area (Å²) in [4.78, 5) is 20.7. The number of aliphatic hydroxyl groups excluding tert-OH is 3. The van der Waals surface area contributed by atoms with Gasteiger partial charge in [0.05, 0.1) is 12.1 Å². The van der Waals surface area contributed by atoms with Crippen LogP contribution in [0.4, 0.5) is 11.5 Å². The highest BCUT2D eigenvalue weighted by Crippen LogP contribution is 2.44. The highest BCUT2D eigenvalue weighted by atomic mass is 32.2. The van der Waals surface area contributed by atoms with Crippen molar-refractivity contribution < 1.29 is 20.1 Å². The first-order valence-corrected chi connectivity index (χ1v) is 12.8. The van der Waals surface area contributed by atoms with Crippen LogP contribution in [-0.2, 0) is 4.79 Å². The molecule has 0 spiro atoms. The second-order valence-electron chi connectivity index (χ2n) is 9.16. The van der Waals surface area contributed by atoms with Gasteiger partial charge < -0.3 is 26.0 Å². The average Bonchev–Trinajstić information content (AvgIpc) is 3.39. The van der Waals surface area contributed by atoms with E-state index >= 15 is 0 Å². The zero-order valence-corrected chi connectivity index (χ0v) is 20.3. The molecule has 12 heteroatoms. The third kappa shape index (κ3) is 4.83. The molecule has 5 rings (SSSR count). The van der Waals surface area contributed by atoms with Crippen LogP contribution in [0.15, 0.2) is 29.4 Å². The van der Waals surface area contributed by atoms with E-state index in [2.05, 4.69) is 32.9 Å². The lowest BCUT2D eigenvalue weighted by Gasteiger charge is -2.16. The Kier molecular flexibility index (Phi) is 6.62. The van der Waals surface area contributed by atoms with E-state index in [1.165, 1.54) is 23.4 Å². The molecule has 2 heterocycles. The summed E-state index contributed by atoms with van der Waals surface area (Å²) in [5.41, 5.74) is 2.83. The Morgan fingerprint density at radius 2 is 2.03 bits per heavy atom. The summed E-state index contributed by atoms with van der Waals surface area (Å²) < 4.78 is 1.49. The first kappa shape index (κ1) is 23.9. The molecule has 2 aliphatic carbocycles. The maximum absolute atomic E-state index is 11.4. The van der Waals surface area contributed by atoms with Crippen molar-refractivity contribution in [2.24, 2.45) is 0 Å². The number of amides is 1. The maximum atomic E-state index is 11.4. The van der Waals surface area contributed by atoms with Gasteiger partial charge in [0, 0.05) is 36.7 Å². The Morgan fingerprint density at radius 3 is 2.74 bits per heavy atom. The van der Waals surface area contributed by atoms with Gasteiger partial charge in [-0.3, -0.25) is 4.79 Å². The molecular weight excluding hydrogens is 470 g/mol. The Hall–Kier alpha value is -2.80. The number of anilines is 2. The van der Waals surface area contributed by atoms with Crippen LogP contribution in [0.5, 0.6) is 0 Å². The van der Waals surface area contributed by atoms with Gasteiger partial charge in [-0.05, 0) is 30.5 Å². The number of aliphatic hydroxyl groups is 3. The standard InChI is InChI=1S/C23H29N7O4S/c1-3-7-35-23-26-21(25-15-9-14(15)12-5-4-6-13(8-12)24-11(2)31)18-22(27-23)30(29-28-18)16-10-17(32)20(34)19(16)33/h4-6,8,14-17,19-20,32-34H,3,7,9-10H2,1-2H3,(H,24,31)(H,25,26,27)/t14-,15+,16?,17-,19?,20+/m1/s1. The number of aromatic nitrogens is 5. The number of carbonyl (C=O) groups excluding carboxylic acids is 1. The molecule has 0 radical (unpaired) electrons. The predicted molar refractivity (Wildman–Crippen MR) is 131 cm³/mol. The van der Waals surface area contributed by atoms with Crippen LogP contribution in [0.1, 0.15) is 50.6 Å². The number of nitrogens with one attached hydrogen (secondary N) is 2. The molecule has 2 aliphatic rings. The molecule has 0 aliphatic heterocycles. The fourth-order valence-electron chi connectivity index (χ4n) is 4.57. The van der Waals surface area contributed by atoms with Crippen molar-refractivity contribution >= 4 is 40.3 Å². The van der Waals surface area contributed by atoms with Gasteiger partial charge in [-0.2, -0.15) is 0 Å². The van der Waals surface area contributed by atoms with Crippen molar-refractivity contribution in [3.63, 3.8) is 0 Å². The lowest BCUT2D eigenvalue weighted by molar-refractivity contribution is -0.114. The highest BCUT2D eigenvalue weighted by Gasteiger charge is 2.44. The lowest BCUT2D eigenvalue weighted by atomic mass is 10.1. The van der Waals surface area contributed by atoms with E-state index in [4.69, 9.17) is 4.98 Å². The molecule has 2 fully saturated rings. The monoisotopic (exact) mass is 499 g/mol.